The highest BCUT2D eigenvalue weighted by Gasteiger charge is 2.16. The second kappa shape index (κ2) is 79.1. The molecule has 0 aliphatic carbocycles. The van der Waals surface area contributed by atoms with Gasteiger partial charge in [-0.15, -0.1) is 0 Å². The van der Waals surface area contributed by atoms with E-state index >= 15 is 0 Å². The van der Waals surface area contributed by atoms with Crippen LogP contribution < -0.4 is 0 Å². The van der Waals surface area contributed by atoms with Crippen LogP contribution in [0.3, 0.4) is 0 Å². The lowest BCUT2D eigenvalue weighted by Crippen LogP contribution is -2.28. The summed E-state index contributed by atoms with van der Waals surface area (Å²) in [6.07, 6.45) is 113. The van der Waals surface area contributed by atoms with Gasteiger partial charge in [0.2, 0.25) is 0 Å². The Labute approximate surface area is 555 Å². The van der Waals surface area contributed by atoms with Crippen molar-refractivity contribution in [2.75, 3.05) is 13.2 Å². The van der Waals surface area contributed by atoms with Crippen LogP contribution in [0.15, 0.2) is 97.2 Å². The first-order valence-corrected chi connectivity index (χ1v) is 39.3. The van der Waals surface area contributed by atoms with Crippen LogP contribution in [-0.2, 0) is 19.1 Å². The molecule has 0 radical (unpaired) electrons. The Hall–Kier alpha value is -3.18. The zero-order valence-electron chi connectivity index (χ0n) is 59.4. The van der Waals surface area contributed by atoms with Crippen molar-refractivity contribution in [3.05, 3.63) is 97.2 Å². The van der Waals surface area contributed by atoms with Crippen LogP contribution in [0.5, 0.6) is 0 Å². The summed E-state index contributed by atoms with van der Waals surface area (Å²) in [5.41, 5.74) is 0. The average Bonchev–Trinajstić information content (AvgIpc) is 3.55. The van der Waals surface area contributed by atoms with Crippen molar-refractivity contribution in [2.45, 2.75) is 412 Å². The maximum absolute atomic E-state index is 12.4. The second-order valence-corrected chi connectivity index (χ2v) is 26.4. The molecule has 5 heteroatoms. The first-order valence-electron chi connectivity index (χ1n) is 39.3. The van der Waals surface area contributed by atoms with E-state index in [9.17, 15) is 14.7 Å². The third-order valence-electron chi connectivity index (χ3n) is 17.6. The van der Waals surface area contributed by atoms with Crippen molar-refractivity contribution in [2.24, 2.45) is 0 Å². The minimum Gasteiger partial charge on any atom is -0.462 e. The van der Waals surface area contributed by atoms with Gasteiger partial charge in [0, 0.05) is 12.8 Å². The molecule has 89 heavy (non-hydrogen) atoms. The normalized spacial score (nSPS) is 12.7. The Balaban J connectivity index is 3.43. The molecule has 0 aliphatic heterocycles. The molecule has 0 spiro atoms. The first kappa shape index (κ1) is 85.8. The lowest BCUT2D eigenvalue weighted by atomic mass is 10.0. The quantitative estimate of drug-likeness (QED) is 0.0373. The molecule has 1 unspecified atom stereocenters. The van der Waals surface area contributed by atoms with Crippen molar-refractivity contribution >= 4 is 11.9 Å². The van der Waals surface area contributed by atoms with Crippen molar-refractivity contribution in [1.29, 1.82) is 0 Å². The highest BCUT2D eigenvalue weighted by atomic mass is 16.6. The van der Waals surface area contributed by atoms with Crippen LogP contribution >= 0.6 is 0 Å². The summed E-state index contributed by atoms with van der Waals surface area (Å²) >= 11 is 0. The molecule has 0 aromatic heterocycles. The minimum atomic E-state index is -0.776. The second-order valence-electron chi connectivity index (χ2n) is 26.4. The predicted octanol–water partition coefficient (Wildman–Crippen LogP) is 27.7. The zero-order valence-corrected chi connectivity index (χ0v) is 59.4. The maximum atomic E-state index is 12.4. The number of carbonyl (C=O) groups is 2. The molecule has 0 aliphatic rings. The van der Waals surface area contributed by atoms with E-state index in [1.807, 2.05) is 0 Å². The van der Waals surface area contributed by atoms with E-state index in [1.54, 1.807) is 0 Å². The van der Waals surface area contributed by atoms with E-state index in [-0.39, 0.29) is 25.2 Å². The fourth-order valence-corrected chi connectivity index (χ4v) is 11.8. The number of rotatable bonds is 73. The van der Waals surface area contributed by atoms with Crippen LogP contribution in [0.25, 0.3) is 0 Å². The van der Waals surface area contributed by atoms with Gasteiger partial charge in [0.1, 0.15) is 6.61 Å². The summed E-state index contributed by atoms with van der Waals surface area (Å²) in [7, 11) is 0. The molecular weight excluding hydrogens is 1090 g/mol. The Morgan fingerprint density at radius 3 is 0.730 bits per heavy atom. The van der Waals surface area contributed by atoms with Crippen LogP contribution in [0.1, 0.15) is 406 Å². The fourth-order valence-electron chi connectivity index (χ4n) is 11.8. The van der Waals surface area contributed by atoms with Crippen LogP contribution in [0, 0.1) is 0 Å². The number of aliphatic hydroxyl groups excluding tert-OH is 1. The zero-order chi connectivity index (χ0) is 64.0. The smallest absolute Gasteiger partial charge is 0.306 e. The number of carbonyl (C=O) groups excluding carboxylic acids is 2. The molecule has 0 bridgehead atoms. The Morgan fingerprint density at radius 2 is 0.483 bits per heavy atom. The topological polar surface area (TPSA) is 72.8 Å². The Kier molecular flexibility index (Phi) is 76.2. The molecule has 1 N–H and O–H groups in total. The highest BCUT2D eigenvalue weighted by Crippen LogP contribution is 2.19. The van der Waals surface area contributed by atoms with E-state index in [1.165, 1.54) is 289 Å². The van der Waals surface area contributed by atoms with Crippen molar-refractivity contribution < 1.29 is 24.2 Å². The number of hydrogen-bond acceptors (Lipinski definition) is 5. The third-order valence-corrected chi connectivity index (χ3v) is 17.6. The number of aliphatic hydroxyl groups is 1. The first-order chi connectivity index (χ1) is 44.1. The van der Waals surface area contributed by atoms with E-state index < -0.39 is 6.10 Å². The molecule has 1 atom stereocenters. The average molecular weight is 1240 g/mol. The molecule has 0 heterocycles. The molecule has 0 aromatic carbocycles. The largest absolute Gasteiger partial charge is 0.462 e. The molecule has 0 saturated heterocycles. The highest BCUT2D eigenvalue weighted by molar-refractivity contribution is 5.70. The van der Waals surface area contributed by atoms with Gasteiger partial charge in [-0.1, -0.05) is 413 Å². The van der Waals surface area contributed by atoms with Crippen LogP contribution in [-0.4, -0.2) is 36.4 Å². The third kappa shape index (κ3) is 77.2. The molecule has 5 nitrogen and oxygen atoms in total. The molecule has 0 saturated carbocycles. The summed E-state index contributed by atoms with van der Waals surface area (Å²) in [6.45, 7) is 4.08. The van der Waals surface area contributed by atoms with E-state index in [0.29, 0.717) is 12.8 Å². The van der Waals surface area contributed by atoms with Crippen LogP contribution in [0.4, 0.5) is 0 Å². The fraction of sp³-hybridized carbons (Fsp3) is 0.786. The number of ether oxygens (including phenoxy) is 2. The van der Waals surface area contributed by atoms with E-state index in [4.69, 9.17) is 9.47 Å². The monoisotopic (exact) mass is 1240 g/mol. The van der Waals surface area contributed by atoms with Crippen molar-refractivity contribution in [1.82, 2.24) is 0 Å². The van der Waals surface area contributed by atoms with Gasteiger partial charge in [-0.25, -0.2) is 0 Å². The van der Waals surface area contributed by atoms with Gasteiger partial charge >= 0.3 is 11.9 Å². The summed E-state index contributed by atoms with van der Waals surface area (Å²) in [6, 6.07) is 0. The van der Waals surface area contributed by atoms with Crippen LogP contribution in [0.2, 0.25) is 0 Å². The molecule has 0 rings (SSSR count). The SMILES string of the molecule is CC/C=C\C/C=C\C/C=C\C/C=C\C/C=C\C/C=C\C/C=C\C/C=C\CCCCCCCCCCCCCCCCC(=O)OC(CO)COC(=O)CCCCCCCCCCCCCCCCCCCCCCCCCCCCCCCCCCCCCC. The molecule has 0 fully saturated rings. The van der Waals surface area contributed by atoms with Gasteiger partial charge in [0.15, 0.2) is 6.10 Å². The van der Waals surface area contributed by atoms with Gasteiger partial charge in [-0.2, -0.15) is 0 Å². The number of hydrogen-bond donors (Lipinski definition) is 1. The molecular formula is C84H150O5. The molecule has 0 amide bonds. The Bertz CT molecular complexity index is 1650. The molecule has 0 aromatic rings. The Morgan fingerprint density at radius 1 is 0.270 bits per heavy atom. The minimum absolute atomic E-state index is 0.0641. The van der Waals surface area contributed by atoms with Gasteiger partial charge < -0.3 is 14.6 Å². The van der Waals surface area contributed by atoms with Gasteiger partial charge in [0.25, 0.3) is 0 Å². The number of allylic oxidation sites excluding steroid dienone is 16. The summed E-state index contributed by atoms with van der Waals surface area (Å²) < 4.78 is 10.8. The summed E-state index contributed by atoms with van der Waals surface area (Å²) in [5.74, 6) is -0.574. The lowest BCUT2D eigenvalue weighted by Gasteiger charge is -2.15. The number of unbranched alkanes of at least 4 members (excludes halogenated alkanes) is 49. The standard InChI is InChI=1S/C84H150O5/c1-3-5-7-9-11-13-15-17-19-21-23-25-27-29-31-33-35-37-39-41-42-43-45-47-49-51-53-55-57-59-61-63-65-67-69-71-73-75-77-79-84(87)89-82(80-85)81-88-83(86)78-76-74-72-70-68-66-64-62-60-58-56-54-52-50-48-46-44-40-38-36-34-32-30-28-26-24-22-20-18-16-14-12-10-8-6-4-2/h5,7,11,13,17,19,23,25,29,31,35,37,41-42,45,47,82,85H,3-4,6,8-10,12,14-16,18,20-22,24,26-28,30,32-34,36,38-40,43-44,46,48-81H2,1-2H3/b7-5-,13-11-,19-17-,25-23-,31-29-,37-35-,42-41-,47-45-. The lowest BCUT2D eigenvalue weighted by molar-refractivity contribution is -0.161. The van der Waals surface area contributed by atoms with E-state index in [0.717, 1.165) is 89.9 Å². The van der Waals surface area contributed by atoms with Gasteiger partial charge in [-0.3, -0.25) is 9.59 Å². The van der Waals surface area contributed by atoms with Gasteiger partial charge in [0.05, 0.1) is 6.61 Å². The van der Waals surface area contributed by atoms with Crippen molar-refractivity contribution in [3.63, 3.8) is 0 Å². The summed E-state index contributed by atoms with van der Waals surface area (Å²) in [5, 5.41) is 9.73. The predicted molar refractivity (Wildman–Crippen MR) is 394 cm³/mol. The summed E-state index contributed by atoms with van der Waals surface area (Å²) in [4.78, 5) is 24.7. The molecule has 516 valence electrons. The van der Waals surface area contributed by atoms with Gasteiger partial charge in [-0.05, 0) is 77.0 Å². The maximum Gasteiger partial charge on any atom is 0.306 e. The number of esters is 2. The van der Waals surface area contributed by atoms with E-state index in [2.05, 4.69) is 111 Å². The van der Waals surface area contributed by atoms with Crippen molar-refractivity contribution in [3.8, 4) is 0 Å².